The predicted octanol–water partition coefficient (Wildman–Crippen LogP) is 1.73. The number of nitrogens with zero attached hydrogens (tertiary/aromatic N) is 5. The fraction of sp³-hybridized carbons (Fsp3) is 0.267. The summed E-state index contributed by atoms with van der Waals surface area (Å²) in [5.41, 5.74) is 3.04. The highest BCUT2D eigenvalue weighted by Crippen LogP contribution is 2.26. The molecule has 0 aliphatic heterocycles. The summed E-state index contributed by atoms with van der Waals surface area (Å²) < 4.78 is 31.3. The molecule has 9 heteroatoms. The molecule has 0 amide bonds. The predicted molar refractivity (Wildman–Crippen MR) is 89.6 cm³/mol. The first-order chi connectivity index (χ1) is 11.3. The third-order valence-corrected chi connectivity index (χ3v) is 5.35. The molecule has 1 aromatic carbocycles. The van der Waals surface area contributed by atoms with E-state index in [2.05, 4.69) is 20.0 Å². The second-order valence-corrected chi connectivity index (χ2v) is 7.31. The fourth-order valence-corrected chi connectivity index (χ4v) is 3.48. The van der Waals surface area contributed by atoms with Crippen molar-refractivity contribution in [2.24, 2.45) is 7.05 Å². The monoisotopic (exact) mass is 346 g/mol. The number of hydrogen-bond acceptors (Lipinski definition) is 5. The molecule has 0 spiro atoms. The van der Waals surface area contributed by atoms with Crippen LogP contribution in [0.2, 0.25) is 0 Å². The van der Waals surface area contributed by atoms with Crippen LogP contribution >= 0.6 is 0 Å². The van der Waals surface area contributed by atoms with Gasteiger partial charge in [-0.15, -0.1) is 10.2 Å². The maximum Gasteiger partial charge on any atom is 0.262 e. The molecule has 0 unspecified atom stereocenters. The number of aromatic nitrogens is 5. The van der Waals surface area contributed by atoms with Crippen LogP contribution in [0.15, 0.2) is 35.7 Å². The smallest absolute Gasteiger partial charge is 0.262 e. The molecule has 3 aromatic rings. The molecule has 24 heavy (non-hydrogen) atoms. The molecule has 0 aliphatic rings. The largest absolute Gasteiger partial charge is 0.274 e. The highest BCUT2D eigenvalue weighted by Gasteiger charge is 2.22. The molecule has 2 heterocycles. The van der Waals surface area contributed by atoms with Crippen LogP contribution in [0.3, 0.4) is 0 Å². The number of sulfonamides is 1. The molecule has 0 aliphatic carbocycles. The number of rotatable bonds is 4. The van der Waals surface area contributed by atoms with Gasteiger partial charge < -0.3 is 0 Å². The minimum Gasteiger partial charge on any atom is -0.274 e. The highest BCUT2D eigenvalue weighted by molar-refractivity contribution is 7.92. The second-order valence-electron chi connectivity index (χ2n) is 5.63. The van der Waals surface area contributed by atoms with Crippen LogP contribution in [-0.4, -0.2) is 33.0 Å². The first kappa shape index (κ1) is 16.2. The van der Waals surface area contributed by atoms with Gasteiger partial charge in [-0.2, -0.15) is 5.10 Å². The van der Waals surface area contributed by atoms with Crippen molar-refractivity contribution >= 4 is 15.7 Å². The number of anilines is 1. The average Bonchev–Trinajstić information content (AvgIpc) is 3.14. The van der Waals surface area contributed by atoms with Gasteiger partial charge in [-0.1, -0.05) is 6.07 Å². The maximum atomic E-state index is 12.8. The Kier molecular flexibility index (Phi) is 3.88. The van der Waals surface area contributed by atoms with Gasteiger partial charge in [0.15, 0.2) is 5.82 Å². The normalized spacial score (nSPS) is 11.7. The fourth-order valence-electron chi connectivity index (χ4n) is 2.28. The van der Waals surface area contributed by atoms with Crippen molar-refractivity contribution in [3.63, 3.8) is 0 Å². The van der Waals surface area contributed by atoms with Crippen molar-refractivity contribution in [2.75, 3.05) is 4.72 Å². The highest BCUT2D eigenvalue weighted by atomic mass is 32.2. The molecule has 0 saturated carbocycles. The summed E-state index contributed by atoms with van der Waals surface area (Å²) in [6.45, 7) is 5.61. The molecule has 0 atom stereocenters. The van der Waals surface area contributed by atoms with Gasteiger partial charge in [0.2, 0.25) is 0 Å². The van der Waals surface area contributed by atoms with Gasteiger partial charge in [0.25, 0.3) is 10.0 Å². The standard InChI is InChI=1S/C15H18N6O2S/c1-10-5-6-13(7-11(10)2)24(22,23)19-14-12(3)20(4)18-15(14)21-8-16-17-9-21/h5-9,19H,1-4H3. The Morgan fingerprint density at radius 1 is 1.04 bits per heavy atom. The molecule has 0 fully saturated rings. The summed E-state index contributed by atoms with van der Waals surface area (Å²) in [4.78, 5) is 0.212. The zero-order valence-corrected chi connectivity index (χ0v) is 14.7. The molecule has 2 aromatic heterocycles. The van der Waals surface area contributed by atoms with Crippen LogP contribution in [-0.2, 0) is 17.1 Å². The molecule has 1 N–H and O–H groups in total. The van der Waals surface area contributed by atoms with Gasteiger partial charge in [0.05, 0.1) is 10.6 Å². The Bertz CT molecular complexity index is 989. The SMILES string of the molecule is Cc1ccc(S(=O)(=O)Nc2c(-n3cnnc3)nn(C)c2C)cc1C. The van der Waals surface area contributed by atoms with Crippen LogP contribution in [0.1, 0.15) is 16.8 Å². The van der Waals surface area contributed by atoms with E-state index in [1.807, 2.05) is 13.8 Å². The Morgan fingerprint density at radius 3 is 2.33 bits per heavy atom. The zero-order chi connectivity index (χ0) is 17.5. The third kappa shape index (κ3) is 2.78. The van der Waals surface area contributed by atoms with E-state index in [9.17, 15) is 8.42 Å². The quantitative estimate of drug-likeness (QED) is 0.776. The average molecular weight is 346 g/mol. The Labute approximate surface area is 140 Å². The van der Waals surface area contributed by atoms with E-state index in [0.717, 1.165) is 11.1 Å². The first-order valence-electron chi connectivity index (χ1n) is 7.28. The van der Waals surface area contributed by atoms with Crippen LogP contribution in [0.5, 0.6) is 0 Å². The molecular weight excluding hydrogens is 328 g/mol. The van der Waals surface area contributed by atoms with E-state index in [1.54, 1.807) is 41.4 Å². The van der Waals surface area contributed by atoms with Gasteiger partial charge in [-0.05, 0) is 44.0 Å². The summed E-state index contributed by atoms with van der Waals surface area (Å²) in [6, 6.07) is 5.04. The lowest BCUT2D eigenvalue weighted by atomic mass is 10.1. The lowest BCUT2D eigenvalue weighted by Crippen LogP contribution is -2.15. The maximum absolute atomic E-state index is 12.8. The molecule has 0 bridgehead atoms. The van der Waals surface area contributed by atoms with Crippen LogP contribution in [0.4, 0.5) is 5.69 Å². The third-order valence-electron chi connectivity index (χ3n) is 4.00. The number of aryl methyl sites for hydroxylation is 3. The molecule has 8 nitrogen and oxygen atoms in total. The number of nitrogens with one attached hydrogen (secondary N) is 1. The van der Waals surface area contributed by atoms with Crippen LogP contribution < -0.4 is 4.72 Å². The minimum absolute atomic E-state index is 0.212. The van der Waals surface area contributed by atoms with Crippen molar-refractivity contribution in [3.8, 4) is 5.82 Å². The number of benzene rings is 1. The summed E-state index contributed by atoms with van der Waals surface area (Å²) in [7, 11) is -1.99. The van der Waals surface area contributed by atoms with Gasteiger partial charge in [0.1, 0.15) is 18.3 Å². The van der Waals surface area contributed by atoms with Crippen molar-refractivity contribution in [1.82, 2.24) is 24.5 Å². The van der Waals surface area contributed by atoms with Crippen molar-refractivity contribution in [1.29, 1.82) is 0 Å². The van der Waals surface area contributed by atoms with Gasteiger partial charge in [-0.25, -0.2) is 8.42 Å². The van der Waals surface area contributed by atoms with E-state index >= 15 is 0 Å². The lowest BCUT2D eigenvalue weighted by Gasteiger charge is -2.11. The van der Waals surface area contributed by atoms with Crippen LogP contribution in [0.25, 0.3) is 5.82 Å². The molecule has 3 rings (SSSR count). The Morgan fingerprint density at radius 2 is 1.71 bits per heavy atom. The van der Waals surface area contributed by atoms with Gasteiger partial charge in [-0.3, -0.25) is 14.0 Å². The van der Waals surface area contributed by atoms with E-state index in [1.165, 1.54) is 12.7 Å². The minimum atomic E-state index is -3.73. The molecule has 126 valence electrons. The molecular formula is C15H18N6O2S. The summed E-state index contributed by atoms with van der Waals surface area (Å²) >= 11 is 0. The Hall–Kier alpha value is -2.68. The van der Waals surface area contributed by atoms with Crippen molar-refractivity contribution < 1.29 is 8.42 Å². The van der Waals surface area contributed by atoms with E-state index in [-0.39, 0.29) is 4.90 Å². The molecule has 0 saturated heterocycles. The lowest BCUT2D eigenvalue weighted by molar-refractivity contribution is 0.601. The van der Waals surface area contributed by atoms with Crippen molar-refractivity contribution in [3.05, 3.63) is 47.7 Å². The van der Waals surface area contributed by atoms with Crippen LogP contribution in [0, 0.1) is 20.8 Å². The second kappa shape index (κ2) is 5.75. The van der Waals surface area contributed by atoms with Crippen molar-refractivity contribution in [2.45, 2.75) is 25.7 Å². The van der Waals surface area contributed by atoms with E-state index in [4.69, 9.17) is 0 Å². The Balaban J connectivity index is 2.06. The zero-order valence-electron chi connectivity index (χ0n) is 13.8. The van der Waals surface area contributed by atoms with E-state index in [0.29, 0.717) is 17.2 Å². The topological polar surface area (TPSA) is 94.7 Å². The summed E-state index contributed by atoms with van der Waals surface area (Å²) in [6.07, 6.45) is 2.94. The summed E-state index contributed by atoms with van der Waals surface area (Å²) in [5, 5.41) is 11.8. The van der Waals surface area contributed by atoms with Gasteiger partial charge in [0, 0.05) is 7.05 Å². The number of hydrogen-bond donors (Lipinski definition) is 1. The molecule has 0 radical (unpaired) electrons. The van der Waals surface area contributed by atoms with E-state index < -0.39 is 10.0 Å². The first-order valence-corrected chi connectivity index (χ1v) is 8.76. The summed E-state index contributed by atoms with van der Waals surface area (Å²) in [5.74, 6) is 0.424. The van der Waals surface area contributed by atoms with Gasteiger partial charge >= 0.3 is 0 Å².